The molecule has 0 aliphatic rings. The van der Waals surface area contributed by atoms with Crippen molar-refractivity contribution in [3.63, 3.8) is 0 Å². The van der Waals surface area contributed by atoms with Crippen LogP contribution in [0.3, 0.4) is 0 Å². The van der Waals surface area contributed by atoms with E-state index in [9.17, 15) is 4.79 Å². The van der Waals surface area contributed by atoms with Crippen LogP contribution in [0.2, 0.25) is 0 Å². The lowest BCUT2D eigenvalue weighted by atomic mass is 10.1. The molecule has 0 heterocycles. The molecule has 0 saturated carbocycles. The number of aryl methyl sites for hydroxylation is 1. The quantitative estimate of drug-likeness (QED) is 0.542. The summed E-state index contributed by atoms with van der Waals surface area (Å²) in [6.45, 7) is 4.00. The molecule has 0 amide bonds. The highest BCUT2D eigenvalue weighted by molar-refractivity contribution is 5.54. The Kier molecular flexibility index (Phi) is 8.09. The predicted molar refractivity (Wildman–Crippen MR) is 64.7 cm³/mol. The summed E-state index contributed by atoms with van der Waals surface area (Å²) in [5, 5.41) is 0. The van der Waals surface area contributed by atoms with Gasteiger partial charge in [0.25, 0.3) is 0 Å². The fourth-order valence-electron chi connectivity index (χ4n) is 1.15. The molecule has 0 bridgehead atoms. The molecule has 0 fully saturated rings. The molecule has 1 nitrogen and oxygen atoms in total. The maximum atomic E-state index is 10.2. The van der Waals surface area contributed by atoms with Crippen molar-refractivity contribution in [3.05, 3.63) is 35.4 Å². The number of aldehydes is 1. The molecule has 0 atom stereocenters. The standard InChI is InChI=1S/C12H12O.C2H6/c1-2-3-4-11-5-7-12(8-6-11)9-10-13;1-2/h1,5-8,10H,3-4,9H2;1-2H3. The molecule has 0 aromatic heterocycles. The second-order valence-corrected chi connectivity index (χ2v) is 2.89. The monoisotopic (exact) mass is 202 g/mol. The molecular formula is C14H18O. The van der Waals surface area contributed by atoms with Gasteiger partial charge in [0, 0.05) is 12.8 Å². The Bertz CT molecular complexity index is 303. The first kappa shape index (κ1) is 13.4. The number of terminal acetylenes is 1. The minimum absolute atomic E-state index is 0.495. The summed E-state index contributed by atoms with van der Waals surface area (Å²) in [6, 6.07) is 7.99. The van der Waals surface area contributed by atoms with E-state index < -0.39 is 0 Å². The van der Waals surface area contributed by atoms with Gasteiger partial charge >= 0.3 is 0 Å². The number of benzene rings is 1. The van der Waals surface area contributed by atoms with E-state index in [-0.39, 0.29) is 0 Å². The van der Waals surface area contributed by atoms with E-state index >= 15 is 0 Å². The third-order valence-electron chi connectivity index (χ3n) is 1.90. The summed E-state index contributed by atoms with van der Waals surface area (Å²) >= 11 is 0. The average Bonchev–Trinajstić information content (AvgIpc) is 2.31. The fraction of sp³-hybridized carbons (Fsp3) is 0.357. The van der Waals surface area contributed by atoms with Gasteiger partial charge in [0.15, 0.2) is 0 Å². The van der Waals surface area contributed by atoms with Crippen molar-refractivity contribution in [3.8, 4) is 12.3 Å². The number of hydrogen-bond donors (Lipinski definition) is 0. The first-order chi connectivity index (χ1) is 7.36. The minimum Gasteiger partial charge on any atom is -0.303 e. The second kappa shape index (κ2) is 9.02. The summed E-state index contributed by atoms with van der Waals surface area (Å²) < 4.78 is 0. The summed E-state index contributed by atoms with van der Waals surface area (Å²) in [5.74, 6) is 2.60. The average molecular weight is 202 g/mol. The molecule has 1 rings (SSSR count). The van der Waals surface area contributed by atoms with E-state index in [1.54, 1.807) is 0 Å². The molecule has 1 heteroatoms. The first-order valence-corrected chi connectivity index (χ1v) is 5.31. The first-order valence-electron chi connectivity index (χ1n) is 5.31. The van der Waals surface area contributed by atoms with Gasteiger partial charge in [-0.05, 0) is 17.5 Å². The predicted octanol–water partition coefficient (Wildman–Crippen LogP) is 3.02. The van der Waals surface area contributed by atoms with E-state index in [1.165, 1.54) is 5.56 Å². The molecule has 15 heavy (non-hydrogen) atoms. The highest BCUT2D eigenvalue weighted by atomic mass is 16.1. The van der Waals surface area contributed by atoms with Crippen molar-refractivity contribution < 1.29 is 4.79 Å². The highest BCUT2D eigenvalue weighted by Crippen LogP contribution is 2.06. The molecule has 1 aromatic carbocycles. The highest BCUT2D eigenvalue weighted by Gasteiger charge is 1.93. The van der Waals surface area contributed by atoms with Crippen molar-refractivity contribution in [2.75, 3.05) is 0 Å². The van der Waals surface area contributed by atoms with Crippen molar-refractivity contribution in [2.45, 2.75) is 33.1 Å². The van der Waals surface area contributed by atoms with Gasteiger partial charge in [0.1, 0.15) is 6.29 Å². The van der Waals surface area contributed by atoms with Crippen LogP contribution in [0.15, 0.2) is 24.3 Å². The van der Waals surface area contributed by atoms with Crippen LogP contribution >= 0.6 is 0 Å². The van der Waals surface area contributed by atoms with Gasteiger partial charge in [-0.25, -0.2) is 0 Å². The molecule has 80 valence electrons. The number of hydrogen-bond acceptors (Lipinski definition) is 1. The van der Waals surface area contributed by atoms with E-state index in [1.807, 2.05) is 38.1 Å². The van der Waals surface area contributed by atoms with E-state index in [2.05, 4.69) is 5.92 Å². The largest absolute Gasteiger partial charge is 0.303 e. The smallest absolute Gasteiger partial charge is 0.124 e. The Hall–Kier alpha value is -1.55. The van der Waals surface area contributed by atoms with Gasteiger partial charge < -0.3 is 4.79 Å². The zero-order valence-electron chi connectivity index (χ0n) is 9.49. The molecule has 0 unspecified atom stereocenters. The molecule has 0 N–H and O–H groups in total. The normalized spacial score (nSPS) is 8.33. The molecule has 0 spiro atoms. The Morgan fingerprint density at radius 3 is 2.20 bits per heavy atom. The van der Waals surface area contributed by atoms with Crippen LogP contribution in [0.4, 0.5) is 0 Å². The lowest BCUT2D eigenvalue weighted by Crippen LogP contribution is -1.87. The minimum atomic E-state index is 0.495. The molecular weight excluding hydrogens is 184 g/mol. The maximum Gasteiger partial charge on any atom is 0.124 e. The Balaban J connectivity index is 0.000000921. The lowest BCUT2D eigenvalue weighted by Gasteiger charge is -1.99. The Morgan fingerprint density at radius 1 is 1.20 bits per heavy atom. The second-order valence-electron chi connectivity index (χ2n) is 2.89. The molecule has 1 aromatic rings. The van der Waals surface area contributed by atoms with Gasteiger partial charge in [-0.1, -0.05) is 38.1 Å². The number of carbonyl (C=O) groups excluding carboxylic acids is 1. The van der Waals surface area contributed by atoms with Crippen LogP contribution in [0.25, 0.3) is 0 Å². The summed E-state index contributed by atoms with van der Waals surface area (Å²) in [7, 11) is 0. The van der Waals surface area contributed by atoms with Crippen molar-refractivity contribution >= 4 is 6.29 Å². The van der Waals surface area contributed by atoms with Gasteiger partial charge in [-0.2, -0.15) is 0 Å². The van der Waals surface area contributed by atoms with Gasteiger partial charge in [-0.3, -0.25) is 0 Å². The molecule has 0 aliphatic carbocycles. The molecule has 0 aliphatic heterocycles. The van der Waals surface area contributed by atoms with Crippen LogP contribution in [-0.4, -0.2) is 6.29 Å². The van der Waals surface area contributed by atoms with Crippen LogP contribution in [0.1, 0.15) is 31.4 Å². The van der Waals surface area contributed by atoms with Crippen LogP contribution in [0, 0.1) is 12.3 Å². The Morgan fingerprint density at radius 2 is 1.73 bits per heavy atom. The zero-order chi connectivity index (χ0) is 11.5. The van der Waals surface area contributed by atoms with Gasteiger partial charge in [-0.15, -0.1) is 12.3 Å². The van der Waals surface area contributed by atoms with E-state index in [4.69, 9.17) is 6.42 Å². The van der Waals surface area contributed by atoms with Crippen molar-refractivity contribution in [1.29, 1.82) is 0 Å². The molecule has 0 saturated heterocycles. The number of rotatable bonds is 4. The topological polar surface area (TPSA) is 17.1 Å². The molecule has 0 radical (unpaired) electrons. The third-order valence-corrected chi connectivity index (χ3v) is 1.90. The number of carbonyl (C=O) groups is 1. The van der Waals surface area contributed by atoms with Crippen LogP contribution < -0.4 is 0 Å². The fourth-order valence-corrected chi connectivity index (χ4v) is 1.15. The van der Waals surface area contributed by atoms with E-state index in [0.29, 0.717) is 6.42 Å². The summed E-state index contributed by atoms with van der Waals surface area (Å²) in [5.41, 5.74) is 2.28. The maximum absolute atomic E-state index is 10.2. The third kappa shape index (κ3) is 5.70. The van der Waals surface area contributed by atoms with Crippen LogP contribution in [0.5, 0.6) is 0 Å². The summed E-state index contributed by atoms with van der Waals surface area (Å²) in [6.07, 6.45) is 8.25. The van der Waals surface area contributed by atoms with Crippen molar-refractivity contribution in [2.24, 2.45) is 0 Å². The zero-order valence-corrected chi connectivity index (χ0v) is 9.49. The van der Waals surface area contributed by atoms with Gasteiger partial charge in [0.2, 0.25) is 0 Å². The lowest BCUT2D eigenvalue weighted by molar-refractivity contribution is -0.107. The van der Waals surface area contributed by atoms with Crippen LogP contribution in [-0.2, 0) is 17.6 Å². The van der Waals surface area contributed by atoms with Gasteiger partial charge in [0.05, 0.1) is 0 Å². The van der Waals surface area contributed by atoms with E-state index in [0.717, 1.165) is 24.7 Å². The van der Waals surface area contributed by atoms with Crippen molar-refractivity contribution in [1.82, 2.24) is 0 Å². The SMILES string of the molecule is C#CCCc1ccc(CC=O)cc1.CC. The summed E-state index contributed by atoms with van der Waals surface area (Å²) in [4.78, 5) is 10.2. The Labute approximate surface area is 92.5 Å².